The van der Waals surface area contributed by atoms with Crippen LogP contribution in [0.2, 0.25) is 0 Å². The van der Waals surface area contributed by atoms with Crippen LogP contribution in [-0.4, -0.2) is 26.6 Å². The van der Waals surface area contributed by atoms with E-state index in [0.29, 0.717) is 4.73 Å². The molecule has 0 bridgehead atoms. The number of rotatable bonds is 6. The number of aryl methyl sites for hydroxylation is 2. The molecule has 3 rings (SSSR count). The van der Waals surface area contributed by atoms with Crippen molar-refractivity contribution in [2.24, 2.45) is 5.92 Å². The Hall–Kier alpha value is -2.67. The summed E-state index contributed by atoms with van der Waals surface area (Å²) >= 11 is 0. The van der Waals surface area contributed by atoms with Crippen LogP contribution in [0.3, 0.4) is 0 Å². The molecular weight excluding hydrogens is 376 g/mol. The predicted molar refractivity (Wildman–Crippen MR) is 108 cm³/mol. The second-order valence-corrected chi connectivity index (χ2v) is 9.35. The van der Waals surface area contributed by atoms with Crippen LogP contribution in [-0.2, 0) is 9.84 Å². The Kier molecular flexibility index (Phi) is 5.56. The third-order valence-corrected chi connectivity index (χ3v) is 5.60. The van der Waals surface area contributed by atoms with Crippen molar-refractivity contribution in [3.05, 3.63) is 70.0 Å². The third kappa shape index (κ3) is 4.98. The summed E-state index contributed by atoms with van der Waals surface area (Å²) in [7, 11) is -3.28. The molecule has 0 spiro atoms. The molecule has 0 saturated heterocycles. The number of amides is 1. The molecule has 1 atom stereocenters. The summed E-state index contributed by atoms with van der Waals surface area (Å²) in [6.07, 6.45) is 5.82. The van der Waals surface area contributed by atoms with Gasteiger partial charge < -0.3 is 10.5 Å². The van der Waals surface area contributed by atoms with Crippen LogP contribution >= 0.6 is 0 Å². The largest absolute Gasteiger partial charge is 0.618 e. The summed E-state index contributed by atoms with van der Waals surface area (Å²) in [5, 5.41) is 16.3. The Morgan fingerprint density at radius 1 is 1.18 bits per heavy atom. The maximum atomic E-state index is 12.6. The minimum absolute atomic E-state index is 0.0222. The normalized spacial score (nSPS) is 15.5. The zero-order valence-electron chi connectivity index (χ0n) is 16.2. The highest BCUT2D eigenvalue weighted by atomic mass is 32.2. The molecule has 0 radical (unpaired) electrons. The van der Waals surface area contributed by atoms with E-state index in [1.165, 1.54) is 23.9 Å². The Morgan fingerprint density at radius 3 is 2.43 bits per heavy atom. The van der Waals surface area contributed by atoms with Crippen LogP contribution < -0.4 is 10.0 Å². The average Bonchev–Trinajstić information content (AvgIpc) is 3.45. The molecule has 6 nitrogen and oxygen atoms in total. The first-order chi connectivity index (χ1) is 13.1. The van der Waals surface area contributed by atoms with Gasteiger partial charge in [0.1, 0.15) is 0 Å². The molecule has 7 heteroatoms. The molecule has 2 aromatic rings. The van der Waals surface area contributed by atoms with Gasteiger partial charge >= 0.3 is 5.91 Å². The number of carbonyl (C=O) groups is 1. The van der Waals surface area contributed by atoms with E-state index in [2.05, 4.69) is 5.32 Å². The number of carbonyl (C=O) groups excluding carboxylic acids is 1. The fourth-order valence-corrected chi connectivity index (χ4v) is 3.43. The Balaban J connectivity index is 1.80. The van der Waals surface area contributed by atoms with Gasteiger partial charge in [-0.2, -0.15) is 4.73 Å². The van der Waals surface area contributed by atoms with Crippen LogP contribution in [0.15, 0.2) is 48.0 Å². The lowest BCUT2D eigenvalue weighted by Crippen LogP contribution is -2.43. The first-order valence-electron chi connectivity index (χ1n) is 9.14. The Morgan fingerprint density at radius 2 is 1.86 bits per heavy atom. The van der Waals surface area contributed by atoms with Crippen molar-refractivity contribution in [2.45, 2.75) is 32.7 Å². The Labute approximate surface area is 165 Å². The van der Waals surface area contributed by atoms with Gasteiger partial charge in [-0.25, -0.2) is 8.42 Å². The summed E-state index contributed by atoms with van der Waals surface area (Å²) < 4.78 is 23.3. The van der Waals surface area contributed by atoms with E-state index in [1.54, 1.807) is 6.07 Å². The summed E-state index contributed by atoms with van der Waals surface area (Å²) in [4.78, 5) is 12.6. The number of aromatic nitrogens is 1. The summed E-state index contributed by atoms with van der Waals surface area (Å²) in [6.45, 7) is 4.03. The second-order valence-electron chi connectivity index (χ2n) is 7.42. The Bertz CT molecular complexity index is 1040. The minimum atomic E-state index is -3.28. The quantitative estimate of drug-likeness (QED) is 0.596. The zero-order valence-corrected chi connectivity index (χ0v) is 17.0. The minimum Gasteiger partial charge on any atom is -0.618 e. The van der Waals surface area contributed by atoms with Crippen LogP contribution in [0.5, 0.6) is 0 Å². The van der Waals surface area contributed by atoms with Gasteiger partial charge in [0.2, 0.25) is 0 Å². The number of nitrogens with zero attached hydrogens (tertiary/aromatic N) is 1. The van der Waals surface area contributed by atoms with E-state index in [9.17, 15) is 18.4 Å². The van der Waals surface area contributed by atoms with Crippen LogP contribution in [0.4, 0.5) is 0 Å². The third-order valence-electron chi connectivity index (χ3n) is 4.95. The molecule has 1 aliphatic carbocycles. The van der Waals surface area contributed by atoms with Crippen molar-refractivity contribution >= 4 is 15.7 Å². The topological polar surface area (TPSA) is 90.2 Å². The van der Waals surface area contributed by atoms with Crippen molar-refractivity contribution in [3.63, 3.8) is 0 Å². The van der Waals surface area contributed by atoms with Crippen LogP contribution in [0.1, 0.15) is 34.5 Å². The lowest BCUT2D eigenvalue weighted by atomic mass is 10.0. The average molecular weight is 401 g/mol. The van der Waals surface area contributed by atoms with E-state index < -0.39 is 21.8 Å². The van der Waals surface area contributed by atoms with E-state index in [1.807, 2.05) is 32.0 Å². The highest BCUT2D eigenvalue weighted by molar-refractivity contribution is 7.93. The first-order valence-corrected chi connectivity index (χ1v) is 11.1. The first kappa shape index (κ1) is 20.1. The van der Waals surface area contributed by atoms with Gasteiger partial charge in [-0.3, -0.25) is 4.79 Å². The molecular formula is C21H24N2O4S. The number of nitrogens with one attached hydrogen (secondary N) is 1. The van der Waals surface area contributed by atoms with Crippen molar-refractivity contribution < 1.29 is 17.9 Å². The van der Waals surface area contributed by atoms with Crippen molar-refractivity contribution in [2.75, 3.05) is 6.26 Å². The van der Waals surface area contributed by atoms with Crippen molar-refractivity contribution in [1.29, 1.82) is 0 Å². The fraction of sp³-hybridized carbons (Fsp3) is 0.333. The lowest BCUT2D eigenvalue weighted by Gasteiger charge is -2.14. The smallest absolute Gasteiger partial charge is 0.317 e. The molecule has 1 aromatic carbocycles. The van der Waals surface area contributed by atoms with Gasteiger partial charge in [-0.05, 0) is 55.4 Å². The molecule has 28 heavy (non-hydrogen) atoms. The highest BCUT2D eigenvalue weighted by Gasteiger charge is 2.32. The maximum Gasteiger partial charge on any atom is 0.317 e. The summed E-state index contributed by atoms with van der Waals surface area (Å²) in [5.41, 5.74) is 3.91. The fourth-order valence-electron chi connectivity index (χ4n) is 2.98. The van der Waals surface area contributed by atoms with Crippen molar-refractivity contribution in [1.82, 2.24) is 5.32 Å². The van der Waals surface area contributed by atoms with Gasteiger partial charge in [-0.15, -0.1) is 0 Å². The summed E-state index contributed by atoms with van der Waals surface area (Å²) in [6, 6.07) is 8.78. The number of pyridine rings is 1. The maximum absolute atomic E-state index is 12.6. The van der Waals surface area contributed by atoms with Gasteiger partial charge in [0, 0.05) is 23.3 Å². The van der Waals surface area contributed by atoms with Crippen LogP contribution in [0.25, 0.3) is 11.1 Å². The molecule has 148 valence electrons. The standard InChI is InChI=1S/C21H24N2O4S/c1-14-4-5-17(12-15(14)2)18-8-9-20(23(25)13-18)21(24)22-19(16-6-7-16)10-11-28(3,26)27/h4-5,8-13,16,19H,6-7H2,1-3H3,(H,22,24)/b11-10-/t19-/m1/s1. The monoisotopic (exact) mass is 400 g/mol. The molecule has 1 aromatic heterocycles. The highest BCUT2D eigenvalue weighted by Crippen LogP contribution is 2.33. The molecule has 1 N–H and O–H groups in total. The number of hydrogen-bond donors (Lipinski definition) is 1. The van der Waals surface area contributed by atoms with Gasteiger partial charge in [0.25, 0.3) is 5.69 Å². The van der Waals surface area contributed by atoms with Gasteiger partial charge in [0.05, 0.1) is 6.04 Å². The van der Waals surface area contributed by atoms with Crippen LogP contribution in [0, 0.1) is 25.0 Å². The molecule has 1 heterocycles. The lowest BCUT2D eigenvalue weighted by molar-refractivity contribution is -0.607. The van der Waals surface area contributed by atoms with Crippen molar-refractivity contribution in [3.8, 4) is 11.1 Å². The summed E-state index contributed by atoms with van der Waals surface area (Å²) in [5.74, 6) is -0.312. The number of benzene rings is 1. The van der Waals surface area contributed by atoms with Gasteiger partial charge in [0.15, 0.2) is 16.0 Å². The molecule has 1 saturated carbocycles. The molecule has 0 unspecified atom stereocenters. The molecule has 1 amide bonds. The second kappa shape index (κ2) is 7.75. The number of sulfone groups is 1. The SMILES string of the molecule is Cc1ccc(-c2ccc(C(=O)N[C@H](/C=C\S(C)(=O)=O)C3CC3)[n+]([O-])c2)cc1C. The van der Waals surface area contributed by atoms with E-state index in [4.69, 9.17) is 0 Å². The molecule has 0 aliphatic heterocycles. The van der Waals surface area contributed by atoms with E-state index in [-0.39, 0.29) is 11.6 Å². The molecule has 1 aliphatic rings. The van der Waals surface area contributed by atoms with Gasteiger partial charge in [-0.1, -0.05) is 24.3 Å². The molecule has 1 fully saturated rings. The zero-order chi connectivity index (χ0) is 20.5. The number of hydrogen-bond acceptors (Lipinski definition) is 4. The van der Waals surface area contributed by atoms with E-state index >= 15 is 0 Å². The van der Waals surface area contributed by atoms with E-state index in [0.717, 1.165) is 41.2 Å². The predicted octanol–water partition coefficient (Wildman–Crippen LogP) is 2.67.